The molecule has 0 radical (unpaired) electrons. The number of nitrogens with one attached hydrogen (secondary N) is 2. The van der Waals surface area contributed by atoms with Crippen LogP contribution in [0.1, 0.15) is 26.2 Å². The monoisotopic (exact) mass is 269 g/mol. The molecule has 0 saturated heterocycles. The summed E-state index contributed by atoms with van der Waals surface area (Å²) in [5, 5.41) is 13.7. The maximum Gasteiger partial charge on any atom is 0.317 e. The highest BCUT2D eigenvalue weighted by Crippen LogP contribution is 2.10. The molecule has 0 aliphatic carbocycles. The lowest BCUT2D eigenvalue weighted by Crippen LogP contribution is -2.26. The number of aromatic nitrogens is 2. The van der Waals surface area contributed by atoms with Gasteiger partial charge in [-0.05, 0) is 12.5 Å². The summed E-state index contributed by atoms with van der Waals surface area (Å²) in [5.74, 6) is 1.13. The predicted molar refractivity (Wildman–Crippen MR) is 72.8 cm³/mol. The molecule has 1 aromatic heterocycles. The molecule has 0 saturated carbocycles. The Morgan fingerprint density at radius 2 is 2.16 bits per heavy atom. The third-order valence-corrected chi connectivity index (χ3v) is 2.56. The van der Waals surface area contributed by atoms with Crippen LogP contribution in [0.2, 0.25) is 0 Å². The zero-order valence-electron chi connectivity index (χ0n) is 12.1. The molecule has 0 aliphatic heterocycles. The summed E-state index contributed by atoms with van der Waals surface area (Å²) in [6.07, 6.45) is 0.399. The molecule has 1 aromatic rings. The summed E-state index contributed by atoms with van der Waals surface area (Å²) in [4.78, 5) is 12.9. The first-order chi connectivity index (χ1) is 9.02. The smallest absolute Gasteiger partial charge is 0.317 e. The molecular weight excluding hydrogens is 246 g/mol. The molecule has 0 unspecified atom stereocenters. The zero-order chi connectivity index (χ0) is 14.3. The van der Waals surface area contributed by atoms with Gasteiger partial charge < -0.3 is 20.0 Å². The van der Waals surface area contributed by atoms with Crippen molar-refractivity contribution in [1.82, 2.24) is 20.8 Å². The maximum atomic E-state index is 11.1. The van der Waals surface area contributed by atoms with E-state index in [0.29, 0.717) is 37.3 Å². The quantitative estimate of drug-likeness (QED) is 0.710. The first-order valence-electron chi connectivity index (χ1n) is 6.47. The molecule has 0 aliphatic rings. The predicted octanol–water partition coefficient (Wildman–Crippen LogP) is 0.388. The molecule has 1 rings (SSSR count). The Balaban J connectivity index is 2.38. The summed E-state index contributed by atoms with van der Waals surface area (Å²) >= 11 is 0. The topological polar surface area (TPSA) is 83.3 Å². The van der Waals surface area contributed by atoms with Crippen LogP contribution in [0.4, 0.5) is 6.01 Å². The van der Waals surface area contributed by atoms with Gasteiger partial charge in [-0.3, -0.25) is 4.79 Å². The molecule has 0 atom stereocenters. The van der Waals surface area contributed by atoms with Crippen molar-refractivity contribution in [2.24, 2.45) is 5.92 Å². The van der Waals surface area contributed by atoms with Gasteiger partial charge >= 0.3 is 6.01 Å². The number of rotatable bonds is 8. The molecule has 0 aromatic carbocycles. The number of nitrogens with zero attached hydrogens (tertiary/aromatic N) is 3. The van der Waals surface area contributed by atoms with E-state index in [1.54, 1.807) is 11.9 Å². The van der Waals surface area contributed by atoms with Crippen LogP contribution in [-0.4, -0.2) is 43.3 Å². The van der Waals surface area contributed by atoms with Gasteiger partial charge in [-0.25, -0.2) is 0 Å². The van der Waals surface area contributed by atoms with E-state index in [1.165, 1.54) is 0 Å². The van der Waals surface area contributed by atoms with Crippen molar-refractivity contribution in [3.63, 3.8) is 0 Å². The Labute approximate surface area is 113 Å². The standard InChI is InChI=1S/C12H23N5O2/c1-9(2)7-14-8-11-15-16-12(19-11)17(4)6-5-10(18)13-3/h9,14H,5-8H2,1-4H3,(H,13,18). The SMILES string of the molecule is CNC(=O)CCN(C)c1nnc(CNCC(C)C)o1. The van der Waals surface area contributed by atoms with E-state index in [1.807, 2.05) is 7.05 Å². The Kier molecular flexibility index (Phi) is 6.27. The first kappa shape index (κ1) is 15.4. The minimum Gasteiger partial charge on any atom is -0.407 e. The Morgan fingerprint density at radius 1 is 1.42 bits per heavy atom. The summed E-state index contributed by atoms with van der Waals surface area (Å²) in [6, 6.07) is 0.435. The molecule has 0 spiro atoms. The lowest BCUT2D eigenvalue weighted by Gasteiger charge is -2.12. The molecule has 0 bridgehead atoms. The molecule has 0 fully saturated rings. The normalized spacial score (nSPS) is 10.8. The molecule has 108 valence electrons. The van der Waals surface area contributed by atoms with Crippen molar-refractivity contribution in [1.29, 1.82) is 0 Å². The Morgan fingerprint density at radius 3 is 2.79 bits per heavy atom. The van der Waals surface area contributed by atoms with Gasteiger partial charge in [0.2, 0.25) is 11.8 Å². The summed E-state index contributed by atoms with van der Waals surface area (Å²) in [5.41, 5.74) is 0. The van der Waals surface area contributed by atoms with Gasteiger partial charge in [-0.15, -0.1) is 5.10 Å². The molecule has 1 amide bonds. The molecule has 7 heteroatoms. The molecule has 7 nitrogen and oxygen atoms in total. The van der Waals surface area contributed by atoms with Crippen LogP contribution in [-0.2, 0) is 11.3 Å². The maximum absolute atomic E-state index is 11.1. The highest BCUT2D eigenvalue weighted by atomic mass is 16.4. The van der Waals surface area contributed by atoms with Crippen LogP contribution >= 0.6 is 0 Å². The van der Waals surface area contributed by atoms with Crippen LogP contribution in [0, 0.1) is 5.92 Å². The van der Waals surface area contributed by atoms with Gasteiger partial charge in [0.05, 0.1) is 6.54 Å². The fraction of sp³-hybridized carbons (Fsp3) is 0.750. The van der Waals surface area contributed by atoms with Crippen molar-refractivity contribution >= 4 is 11.9 Å². The largest absolute Gasteiger partial charge is 0.407 e. The third kappa shape index (κ3) is 5.69. The number of hydrogen-bond acceptors (Lipinski definition) is 6. The van der Waals surface area contributed by atoms with E-state index in [-0.39, 0.29) is 5.91 Å². The number of hydrogen-bond donors (Lipinski definition) is 2. The van der Waals surface area contributed by atoms with Crippen LogP contribution in [0.25, 0.3) is 0 Å². The van der Waals surface area contributed by atoms with Crippen LogP contribution in [0.3, 0.4) is 0 Å². The fourth-order valence-electron chi connectivity index (χ4n) is 1.43. The number of amides is 1. The molecule has 2 N–H and O–H groups in total. The molecule has 1 heterocycles. The minimum absolute atomic E-state index is 0.00908. The van der Waals surface area contributed by atoms with Crippen molar-refractivity contribution in [2.75, 3.05) is 32.1 Å². The first-order valence-corrected chi connectivity index (χ1v) is 6.47. The van der Waals surface area contributed by atoms with Crippen molar-refractivity contribution in [2.45, 2.75) is 26.8 Å². The van der Waals surface area contributed by atoms with Gasteiger partial charge in [0, 0.05) is 27.1 Å². The number of anilines is 1. The van der Waals surface area contributed by atoms with E-state index < -0.39 is 0 Å². The lowest BCUT2D eigenvalue weighted by molar-refractivity contribution is -0.120. The van der Waals surface area contributed by atoms with Crippen molar-refractivity contribution in [3.05, 3.63) is 5.89 Å². The Bertz CT molecular complexity index is 391. The van der Waals surface area contributed by atoms with E-state index in [4.69, 9.17) is 4.42 Å². The van der Waals surface area contributed by atoms with Crippen LogP contribution < -0.4 is 15.5 Å². The second-order valence-corrected chi connectivity index (χ2v) is 4.85. The minimum atomic E-state index is -0.00908. The molecule has 19 heavy (non-hydrogen) atoms. The van der Waals surface area contributed by atoms with Gasteiger partial charge in [-0.2, -0.15) is 0 Å². The van der Waals surface area contributed by atoms with Gasteiger partial charge in [0.15, 0.2) is 0 Å². The lowest BCUT2D eigenvalue weighted by atomic mass is 10.2. The Hall–Kier alpha value is -1.63. The second kappa shape index (κ2) is 7.73. The highest BCUT2D eigenvalue weighted by Gasteiger charge is 2.11. The summed E-state index contributed by atoms with van der Waals surface area (Å²) < 4.78 is 5.50. The van der Waals surface area contributed by atoms with E-state index in [9.17, 15) is 4.79 Å². The van der Waals surface area contributed by atoms with Gasteiger partial charge in [0.25, 0.3) is 0 Å². The molecular formula is C12H23N5O2. The zero-order valence-corrected chi connectivity index (χ0v) is 12.1. The summed E-state index contributed by atoms with van der Waals surface area (Å²) in [7, 11) is 3.44. The van der Waals surface area contributed by atoms with E-state index in [0.717, 1.165) is 6.54 Å². The van der Waals surface area contributed by atoms with Crippen molar-refractivity contribution in [3.8, 4) is 0 Å². The highest BCUT2D eigenvalue weighted by molar-refractivity contribution is 5.76. The average Bonchev–Trinajstić information content (AvgIpc) is 2.83. The average molecular weight is 269 g/mol. The number of carbonyl (C=O) groups excluding carboxylic acids is 1. The second-order valence-electron chi connectivity index (χ2n) is 4.85. The van der Waals surface area contributed by atoms with Gasteiger partial charge in [-0.1, -0.05) is 18.9 Å². The van der Waals surface area contributed by atoms with Gasteiger partial charge in [0.1, 0.15) is 0 Å². The third-order valence-electron chi connectivity index (χ3n) is 2.56. The van der Waals surface area contributed by atoms with Crippen LogP contribution in [0.5, 0.6) is 0 Å². The van der Waals surface area contributed by atoms with E-state index >= 15 is 0 Å². The summed E-state index contributed by atoms with van der Waals surface area (Å²) in [6.45, 7) is 6.29. The van der Waals surface area contributed by atoms with E-state index in [2.05, 4.69) is 34.7 Å². The van der Waals surface area contributed by atoms with Crippen molar-refractivity contribution < 1.29 is 9.21 Å². The fourth-order valence-corrected chi connectivity index (χ4v) is 1.43. The number of carbonyl (C=O) groups is 1. The van der Waals surface area contributed by atoms with Crippen LogP contribution in [0.15, 0.2) is 4.42 Å².